The molecule has 1 aromatic carbocycles. The monoisotopic (exact) mass is 333 g/mol. The van der Waals surface area contributed by atoms with E-state index in [4.69, 9.17) is 11.6 Å². The molecule has 0 bridgehead atoms. The van der Waals surface area contributed by atoms with Crippen LogP contribution in [0.25, 0.3) is 22.1 Å². The highest BCUT2D eigenvalue weighted by Gasteiger charge is 2.11. The smallest absolute Gasteiger partial charge is 0.230 e. The van der Waals surface area contributed by atoms with Gasteiger partial charge in [-0.2, -0.15) is 0 Å². The van der Waals surface area contributed by atoms with Gasteiger partial charge in [0.25, 0.3) is 0 Å². The van der Waals surface area contributed by atoms with Gasteiger partial charge in [-0.25, -0.2) is 4.98 Å². The minimum Gasteiger partial charge on any atom is -0.352 e. The number of nitrogens with zero attached hydrogens (tertiary/aromatic N) is 3. The fourth-order valence-corrected chi connectivity index (χ4v) is 2.75. The molecule has 0 spiro atoms. The Bertz CT molecular complexity index is 863. The molecule has 3 rings (SSSR count). The zero-order valence-corrected chi connectivity index (χ0v) is 13.0. The summed E-state index contributed by atoms with van der Waals surface area (Å²) in [7, 11) is 0. The fraction of sp³-hybridized carbons (Fsp3) is 0.143. The van der Waals surface area contributed by atoms with Crippen LogP contribution < -0.4 is 5.32 Å². The maximum Gasteiger partial charge on any atom is 0.230 e. The molecule has 0 aliphatic heterocycles. The molecular weight excluding hydrogens is 322 g/mol. The third-order valence-corrected chi connectivity index (χ3v) is 4.01. The molecule has 6 nitrogen and oxygen atoms in total. The number of nitrogens with one attached hydrogen (secondary N) is 2. The zero-order chi connectivity index (χ0) is 15.5. The maximum absolute atomic E-state index is 11.5. The second kappa shape index (κ2) is 6.33. The normalized spacial score (nSPS) is 11.0. The average Bonchev–Trinajstić information content (AvgIpc) is 2.88. The Morgan fingerprint density at radius 2 is 2.32 bits per heavy atom. The molecule has 1 amide bonds. The number of rotatable bonds is 5. The lowest BCUT2D eigenvalue weighted by Crippen LogP contribution is -2.25. The summed E-state index contributed by atoms with van der Waals surface area (Å²) in [5, 5.41) is 12.9. The second-order valence-corrected chi connectivity index (χ2v) is 5.87. The van der Waals surface area contributed by atoms with Gasteiger partial charge in [0.2, 0.25) is 11.1 Å². The fourth-order valence-electron chi connectivity index (χ4n) is 1.96. The highest BCUT2D eigenvalue weighted by Crippen LogP contribution is 2.26. The third-order valence-electron chi connectivity index (χ3n) is 2.93. The minimum atomic E-state index is -0.1000. The van der Waals surface area contributed by atoms with Gasteiger partial charge >= 0.3 is 0 Å². The number of aromatic nitrogens is 4. The molecule has 112 valence electrons. The first kappa shape index (κ1) is 14.8. The maximum atomic E-state index is 11.5. The van der Waals surface area contributed by atoms with E-state index in [1.165, 1.54) is 11.8 Å². The van der Waals surface area contributed by atoms with Crippen LogP contribution in [-0.2, 0) is 4.79 Å². The van der Waals surface area contributed by atoms with E-state index >= 15 is 0 Å². The molecule has 2 aromatic heterocycles. The molecule has 0 aliphatic rings. The van der Waals surface area contributed by atoms with Crippen molar-refractivity contribution in [3.63, 3.8) is 0 Å². The van der Waals surface area contributed by atoms with Crippen molar-refractivity contribution in [3.05, 3.63) is 35.9 Å². The van der Waals surface area contributed by atoms with E-state index < -0.39 is 0 Å². The first-order chi connectivity index (χ1) is 10.7. The molecule has 2 heterocycles. The molecule has 0 saturated carbocycles. The van der Waals surface area contributed by atoms with E-state index in [2.05, 4.69) is 32.1 Å². The van der Waals surface area contributed by atoms with Crippen molar-refractivity contribution in [2.45, 2.75) is 5.16 Å². The number of benzene rings is 1. The molecule has 0 unspecified atom stereocenters. The average molecular weight is 334 g/mol. The van der Waals surface area contributed by atoms with Crippen molar-refractivity contribution in [3.8, 4) is 0 Å². The Labute approximate surface area is 135 Å². The zero-order valence-electron chi connectivity index (χ0n) is 11.5. The van der Waals surface area contributed by atoms with E-state index in [0.29, 0.717) is 27.9 Å². The Balaban J connectivity index is 1.82. The lowest BCUT2D eigenvalue weighted by Gasteiger charge is -2.00. The number of amides is 1. The van der Waals surface area contributed by atoms with Crippen LogP contribution in [0.1, 0.15) is 0 Å². The molecule has 8 heteroatoms. The quantitative estimate of drug-likeness (QED) is 0.554. The Morgan fingerprint density at radius 3 is 3.14 bits per heavy atom. The highest BCUT2D eigenvalue weighted by atomic mass is 35.5. The SMILES string of the molecule is C=CCNC(=O)CSc1nnc2c(n1)[nH]c1ccc(Cl)cc12. The summed E-state index contributed by atoms with van der Waals surface area (Å²) in [5.74, 6) is 0.129. The molecule has 3 aromatic rings. The number of halogens is 1. The van der Waals surface area contributed by atoms with E-state index in [9.17, 15) is 4.79 Å². The van der Waals surface area contributed by atoms with Crippen LogP contribution in [0.2, 0.25) is 5.02 Å². The lowest BCUT2D eigenvalue weighted by molar-refractivity contribution is -0.118. The molecule has 0 radical (unpaired) electrons. The molecule has 0 atom stereocenters. The van der Waals surface area contributed by atoms with E-state index in [0.717, 1.165) is 10.9 Å². The van der Waals surface area contributed by atoms with Gasteiger partial charge < -0.3 is 10.3 Å². The number of carbonyl (C=O) groups is 1. The van der Waals surface area contributed by atoms with Crippen LogP contribution >= 0.6 is 23.4 Å². The largest absolute Gasteiger partial charge is 0.352 e. The topological polar surface area (TPSA) is 83.6 Å². The van der Waals surface area contributed by atoms with Gasteiger partial charge in [0.05, 0.1) is 5.75 Å². The van der Waals surface area contributed by atoms with Gasteiger partial charge in [-0.05, 0) is 18.2 Å². The van der Waals surface area contributed by atoms with Crippen molar-refractivity contribution in [1.82, 2.24) is 25.5 Å². The van der Waals surface area contributed by atoms with E-state index in [1.54, 1.807) is 12.1 Å². The van der Waals surface area contributed by atoms with Crippen LogP contribution in [0, 0.1) is 0 Å². The van der Waals surface area contributed by atoms with Crippen LogP contribution in [0.5, 0.6) is 0 Å². The molecule has 22 heavy (non-hydrogen) atoms. The summed E-state index contributed by atoms with van der Waals surface area (Å²) in [6, 6.07) is 5.49. The van der Waals surface area contributed by atoms with Gasteiger partial charge in [-0.15, -0.1) is 16.8 Å². The first-order valence-electron chi connectivity index (χ1n) is 6.49. The Hall–Kier alpha value is -2.12. The summed E-state index contributed by atoms with van der Waals surface area (Å²) in [4.78, 5) is 19.1. The summed E-state index contributed by atoms with van der Waals surface area (Å²) >= 11 is 7.23. The van der Waals surface area contributed by atoms with Crippen molar-refractivity contribution >= 4 is 51.3 Å². The minimum absolute atomic E-state index is 0.1000. The molecular formula is C14H12ClN5OS. The Morgan fingerprint density at radius 1 is 1.45 bits per heavy atom. The molecule has 0 saturated heterocycles. The second-order valence-electron chi connectivity index (χ2n) is 4.49. The molecule has 0 aliphatic carbocycles. The highest BCUT2D eigenvalue weighted by molar-refractivity contribution is 7.99. The summed E-state index contributed by atoms with van der Waals surface area (Å²) in [6.45, 7) is 3.99. The predicted molar refractivity (Wildman–Crippen MR) is 88.1 cm³/mol. The molecule has 0 fully saturated rings. The van der Waals surface area contributed by atoms with Gasteiger partial charge in [0, 0.05) is 22.5 Å². The summed E-state index contributed by atoms with van der Waals surface area (Å²) < 4.78 is 0. The van der Waals surface area contributed by atoms with Gasteiger partial charge in [0.15, 0.2) is 5.65 Å². The van der Waals surface area contributed by atoms with Gasteiger partial charge in [-0.1, -0.05) is 29.4 Å². The lowest BCUT2D eigenvalue weighted by atomic mass is 10.2. The first-order valence-corrected chi connectivity index (χ1v) is 7.86. The predicted octanol–water partition coefficient (Wildman–Crippen LogP) is 2.55. The van der Waals surface area contributed by atoms with Gasteiger partial charge in [0.1, 0.15) is 5.52 Å². The summed E-state index contributed by atoms with van der Waals surface area (Å²) in [5.41, 5.74) is 2.19. The number of hydrogen-bond acceptors (Lipinski definition) is 5. The van der Waals surface area contributed by atoms with Crippen LogP contribution in [0.4, 0.5) is 0 Å². The van der Waals surface area contributed by atoms with Crippen molar-refractivity contribution in [2.24, 2.45) is 0 Å². The summed E-state index contributed by atoms with van der Waals surface area (Å²) in [6.07, 6.45) is 1.63. The number of H-pyrrole nitrogens is 1. The van der Waals surface area contributed by atoms with Crippen molar-refractivity contribution < 1.29 is 4.79 Å². The number of hydrogen-bond donors (Lipinski definition) is 2. The Kier molecular flexibility index (Phi) is 4.26. The number of fused-ring (bicyclic) bond motifs is 3. The van der Waals surface area contributed by atoms with Crippen molar-refractivity contribution in [1.29, 1.82) is 0 Å². The van der Waals surface area contributed by atoms with Crippen LogP contribution in [0.15, 0.2) is 36.0 Å². The van der Waals surface area contributed by atoms with Crippen molar-refractivity contribution in [2.75, 3.05) is 12.3 Å². The number of carbonyl (C=O) groups excluding carboxylic acids is 1. The van der Waals surface area contributed by atoms with E-state index in [1.807, 2.05) is 12.1 Å². The van der Waals surface area contributed by atoms with Crippen LogP contribution in [0.3, 0.4) is 0 Å². The standard InChI is InChI=1S/C14H12ClN5OS/c1-2-5-16-11(21)7-22-14-18-13-12(19-20-14)9-6-8(15)3-4-10(9)17-13/h2-4,6H,1,5,7H2,(H,16,21)(H,17,18,20). The van der Waals surface area contributed by atoms with E-state index in [-0.39, 0.29) is 11.7 Å². The van der Waals surface area contributed by atoms with Crippen LogP contribution in [-0.4, -0.2) is 38.4 Å². The number of thioether (sulfide) groups is 1. The van der Waals surface area contributed by atoms with Gasteiger partial charge in [-0.3, -0.25) is 4.79 Å². The molecule has 2 N–H and O–H groups in total. The third kappa shape index (κ3) is 3.05. The number of aromatic amines is 1.